The highest BCUT2D eigenvalue weighted by molar-refractivity contribution is 5.97. The second-order valence-electron chi connectivity index (χ2n) is 8.08. The summed E-state index contributed by atoms with van der Waals surface area (Å²) in [6.45, 7) is 7.39. The molecule has 4 rings (SSSR count). The van der Waals surface area contributed by atoms with Crippen molar-refractivity contribution in [3.8, 4) is 11.5 Å². The fourth-order valence-electron chi connectivity index (χ4n) is 3.65. The third-order valence-electron chi connectivity index (χ3n) is 5.18. The number of rotatable bonds is 8. The highest BCUT2D eigenvalue weighted by atomic mass is 16.5. The predicted octanol–water partition coefficient (Wildman–Crippen LogP) is 5.92. The summed E-state index contributed by atoms with van der Waals surface area (Å²) in [4.78, 5) is 23.3. The third-order valence-corrected chi connectivity index (χ3v) is 5.18. The van der Waals surface area contributed by atoms with Crippen molar-refractivity contribution in [1.29, 1.82) is 0 Å². The molecule has 0 aromatic heterocycles. The molecule has 0 radical (unpaired) electrons. The second kappa shape index (κ2) is 10.1. The Balaban J connectivity index is 1.48. The van der Waals surface area contributed by atoms with Gasteiger partial charge in [-0.15, -0.1) is 0 Å². The summed E-state index contributed by atoms with van der Waals surface area (Å²) in [6.07, 6.45) is 0. The molecule has 0 aliphatic heterocycles. The van der Waals surface area contributed by atoms with Crippen molar-refractivity contribution >= 4 is 44.7 Å². The Hall–Kier alpha value is -4.32. The van der Waals surface area contributed by atoms with Gasteiger partial charge in [0.25, 0.3) is 0 Å². The molecule has 6 heteroatoms. The zero-order valence-electron chi connectivity index (χ0n) is 19.2. The van der Waals surface area contributed by atoms with Crippen LogP contribution in [0.1, 0.15) is 13.8 Å². The molecule has 0 aliphatic carbocycles. The van der Waals surface area contributed by atoms with E-state index < -0.39 is 0 Å². The molecule has 0 atom stereocenters. The van der Waals surface area contributed by atoms with Gasteiger partial charge < -0.3 is 20.1 Å². The molecule has 0 unspecified atom stereocenters. The van der Waals surface area contributed by atoms with Crippen LogP contribution in [0.4, 0.5) is 11.4 Å². The summed E-state index contributed by atoms with van der Waals surface area (Å²) in [5.41, 5.74) is 1.90. The molecule has 0 heterocycles. The Morgan fingerprint density at radius 2 is 1.03 bits per heavy atom. The molecule has 0 fully saturated rings. The number of carbonyl (C=O) groups is 2. The average molecular weight is 455 g/mol. The minimum Gasteiger partial charge on any atom is -0.487 e. The van der Waals surface area contributed by atoms with Crippen molar-refractivity contribution in [1.82, 2.24) is 0 Å². The van der Waals surface area contributed by atoms with Crippen LogP contribution in [0.15, 0.2) is 84.9 Å². The van der Waals surface area contributed by atoms with E-state index in [2.05, 4.69) is 17.2 Å². The number of fused-ring (bicyclic) bond motifs is 2. The van der Waals surface area contributed by atoms with Crippen LogP contribution in [0.5, 0.6) is 11.5 Å². The SMILES string of the molecule is C=C(COc1cc2ccccc2cc1NC(C)=O)COc1cc2ccccc2cc1NC(C)=O. The molecule has 172 valence electrons. The van der Waals surface area contributed by atoms with Gasteiger partial charge in [-0.3, -0.25) is 9.59 Å². The zero-order chi connectivity index (χ0) is 24.1. The van der Waals surface area contributed by atoms with Crippen molar-refractivity contribution < 1.29 is 19.1 Å². The van der Waals surface area contributed by atoms with Crippen LogP contribution in [0.2, 0.25) is 0 Å². The molecule has 0 saturated carbocycles. The molecular weight excluding hydrogens is 428 g/mol. The summed E-state index contributed by atoms with van der Waals surface area (Å²) in [5.74, 6) is 0.757. The predicted molar refractivity (Wildman–Crippen MR) is 137 cm³/mol. The Morgan fingerprint density at radius 3 is 1.38 bits per heavy atom. The monoisotopic (exact) mass is 454 g/mol. The van der Waals surface area contributed by atoms with Crippen LogP contribution in [0, 0.1) is 0 Å². The highest BCUT2D eigenvalue weighted by Crippen LogP contribution is 2.32. The third kappa shape index (κ3) is 5.53. The van der Waals surface area contributed by atoms with Gasteiger partial charge in [0, 0.05) is 13.8 Å². The van der Waals surface area contributed by atoms with E-state index >= 15 is 0 Å². The van der Waals surface area contributed by atoms with Crippen LogP contribution in [-0.4, -0.2) is 25.0 Å². The molecular formula is C28H26N2O4. The van der Waals surface area contributed by atoms with Crippen LogP contribution in [-0.2, 0) is 9.59 Å². The second-order valence-corrected chi connectivity index (χ2v) is 8.08. The first-order chi connectivity index (χ1) is 16.4. The Morgan fingerprint density at radius 1 is 0.676 bits per heavy atom. The fraction of sp³-hybridized carbons (Fsp3) is 0.143. The van der Waals surface area contributed by atoms with E-state index in [9.17, 15) is 9.59 Å². The Labute approximate surface area is 198 Å². The first-order valence-corrected chi connectivity index (χ1v) is 10.9. The van der Waals surface area contributed by atoms with Crippen LogP contribution < -0.4 is 20.1 Å². The lowest BCUT2D eigenvalue weighted by Crippen LogP contribution is -2.13. The van der Waals surface area contributed by atoms with E-state index in [0.717, 1.165) is 21.5 Å². The van der Waals surface area contributed by atoms with Crippen LogP contribution in [0.25, 0.3) is 21.5 Å². The van der Waals surface area contributed by atoms with Crippen molar-refractivity contribution in [3.63, 3.8) is 0 Å². The maximum atomic E-state index is 11.7. The summed E-state index contributed by atoms with van der Waals surface area (Å²) in [6, 6.07) is 23.3. The van der Waals surface area contributed by atoms with Crippen LogP contribution in [0.3, 0.4) is 0 Å². The lowest BCUT2D eigenvalue weighted by atomic mass is 10.1. The number of hydrogen-bond acceptors (Lipinski definition) is 4. The Bertz CT molecular complexity index is 1290. The van der Waals surface area contributed by atoms with E-state index in [1.165, 1.54) is 13.8 Å². The number of anilines is 2. The molecule has 0 saturated heterocycles. The first-order valence-electron chi connectivity index (χ1n) is 10.9. The molecule has 6 nitrogen and oxygen atoms in total. The van der Waals surface area contributed by atoms with Gasteiger partial charge in [-0.05, 0) is 51.4 Å². The van der Waals surface area contributed by atoms with E-state index in [1.807, 2.05) is 72.8 Å². The molecule has 0 aliphatic rings. The van der Waals surface area contributed by atoms with Crippen molar-refractivity contribution in [2.45, 2.75) is 13.8 Å². The van der Waals surface area contributed by atoms with Crippen molar-refractivity contribution in [2.75, 3.05) is 23.8 Å². The topological polar surface area (TPSA) is 76.7 Å². The van der Waals surface area contributed by atoms with Gasteiger partial charge in [0.15, 0.2) is 0 Å². The zero-order valence-corrected chi connectivity index (χ0v) is 19.2. The van der Waals surface area contributed by atoms with E-state index in [-0.39, 0.29) is 25.0 Å². The Kier molecular flexibility index (Phi) is 6.78. The van der Waals surface area contributed by atoms with Gasteiger partial charge in [0.05, 0.1) is 11.4 Å². The van der Waals surface area contributed by atoms with Crippen molar-refractivity contribution in [3.05, 3.63) is 84.9 Å². The first kappa shape index (κ1) is 22.9. The largest absolute Gasteiger partial charge is 0.487 e. The summed E-state index contributed by atoms with van der Waals surface area (Å²) in [5, 5.41) is 9.66. The van der Waals surface area contributed by atoms with E-state index in [0.29, 0.717) is 28.4 Å². The summed E-state index contributed by atoms with van der Waals surface area (Å²) in [7, 11) is 0. The molecule has 4 aromatic rings. The molecule has 2 N–H and O–H groups in total. The maximum Gasteiger partial charge on any atom is 0.221 e. The van der Waals surface area contributed by atoms with Gasteiger partial charge in [-0.25, -0.2) is 0 Å². The minimum absolute atomic E-state index is 0.177. The van der Waals surface area contributed by atoms with Gasteiger partial charge in [0.1, 0.15) is 24.7 Å². The molecule has 0 bridgehead atoms. The molecule has 4 aromatic carbocycles. The summed E-state index contributed by atoms with van der Waals surface area (Å²) < 4.78 is 12.0. The van der Waals surface area contributed by atoms with Crippen LogP contribution >= 0.6 is 0 Å². The fourth-order valence-corrected chi connectivity index (χ4v) is 3.65. The minimum atomic E-state index is -0.177. The molecule has 2 amide bonds. The van der Waals surface area contributed by atoms with Gasteiger partial charge in [0.2, 0.25) is 11.8 Å². The van der Waals surface area contributed by atoms with Gasteiger partial charge in [-0.2, -0.15) is 0 Å². The normalized spacial score (nSPS) is 10.6. The maximum absolute atomic E-state index is 11.7. The van der Waals surface area contributed by atoms with E-state index in [1.54, 1.807) is 0 Å². The molecule has 0 spiro atoms. The summed E-state index contributed by atoms with van der Waals surface area (Å²) >= 11 is 0. The average Bonchev–Trinajstić information content (AvgIpc) is 2.80. The van der Waals surface area contributed by atoms with Gasteiger partial charge >= 0.3 is 0 Å². The number of carbonyl (C=O) groups excluding carboxylic acids is 2. The number of hydrogen-bond donors (Lipinski definition) is 2. The lowest BCUT2D eigenvalue weighted by molar-refractivity contribution is -0.115. The number of nitrogens with one attached hydrogen (secondary N) is 2. The molecule has 34 heavy (non-hydrogen) atoms. The highest BCUT2D eigenvalue weighted by Gasteiger charge is 2.11. The number of ether oxygens (including phenoxy) is 2. The van der Waals surface area contributed by atoms with Crippen molar-refractivity contribution in [2.24, 2.45) is 0 Å². The smallest absolute Gasteiger partial charge is 0.221 e. The van der Waals surface area contributed by atoms with Gasteiger partial charge in [-0.1, -0.05) is 55.1 Å². The lowest BCUT2D eigenvalue weighted by Gasteiger charge is -2.16. The van der Waals surface area contributed by atoms with E-state index in [4.69, 9.17) is 9.47 Å². The standard InChI is InChI=1S/C28H26N2O4/c1-18(16-33-27-14-23-10-6-4-8-21(23)12-25(27)29-19(2)31)17-34-28-15-24-11-7-5-9-22(24)13-26(28)30-20(3)32/h4-15H,1,16-17H2,2-3H3,(H,29,31)(H,30,32). The number of amides is 2. The quantitative estimate of drug-likeness (QED) is 0.324. The number of benzene rings is 4.